The van der Waals surface area contributed by atoms with Gasteiger partial charge in [0.25, 0.3) is 0 Å². The van der Waals surface area contributed by atoms with Crippen LogP contribution in [0.1, 0.15) is 25.3 Å². The van der Waals surface area contributed by atoms with Gasteiger partial charge in [0.05, 0.1) is 0 Å². The Balaban J connectivity index is 2.27. The molecule has 1 aromatic heterocycles. The quantitative estimate of drug-likeness (QED) is 0.686. The van der Waals surface area contributed by atoms with Crippen LogP contribution >= 0.6 is 11.8 Å². The van der Waals surface area contributed by atoms with Gasteiger partial charge in [0.1, 0.15) is 5.82 Å². The summed E-state index contributed by atoms with van der Waals surface area (Å²) < 4.78 is 5.02. The van der Waals surface area contributed by atoms with Crippen molar-refractivity contribution < 1.29 is 4.74 Å². The van der Waals surface area contributed by atoms with E-state index in [-0.39, 0.29) is 0 Å². The maximum absolute atomic E-state index is 5.02. The molecule has 0 radical (unpaired) electrons. The van der Waals surface area contributed by atoms with Crippen molar-refractivity contribution in [1.82, 2.24) is 4.98 Å². The molecular formula is C13H22N2OS. The van der Waals surface area contributed by atoms with E-state index >= 15 is 0 Å². The normalized spacial score (nSPS) is 10.5. The van der Waals surface area contributed by atoms with Crippen molar-refractivity contribution in [2.45, 2.75) is 25.5 Å². The van der Waals surface area contributed by atoms with Gasteiger partial charge < -0.3 is 10.1 Å². The summed E-state index contributed by atoms with van der Waals surface area (Å²) in [4.78, 5) is 4.29. The number of pyridine rings is 1. The number of methoxy groups -OCH3 is 1. The number of nitrogens with one attached hydrogen (secondary N) is 1. The molecule has 0 bridgehead atoms. The minimum atomic E-state index is 0.854. The Morgan fingerprint density at radius 3 is 3.12 bits per heavy atom. The van der Waals surface area contributed by atoms with E-state index in [1.807, 2.05) is 18.0 Å². The number of aromatic nitrogens is 1. The standard InChI is InChI=1S/C13H22N2OS/c1-3-6-14-13-10-12(5-7-15-13)11-17-9-4-8-16-2/h5,7,10H,3-4,6,8-9,11H2,1-2H3,(H,14,15). The molecule has 0 fully saturated rings. The molecule has 0 saturated carbocycles. The van der Waals surface area contributed by atoms with Crippen LogP contribution in [-0.2, 0) is 10.5 Å². The van der Waals surface area contributed by atoms with Crippen LogP contribution in [0.2, 0.25) is 0 Å². The van der Waals surface area contributed by atoms with Gasteiger partial charge in [0.2, 0.25) is 0 Å². The zero-order valence-corrected chi connectivity index (χ0v) is 11.6. The fraction of sp³-hybridized carbons (Fsp3) is 0.615. The molecule has 0 unspecified atom stereocenters. The molecule has 0 aliphatic carbocycles. The predicted octanol–water partition coefficient (Wildman–Crippen LogP) is 3.17. The number of hydrogen-bond acceptors (Lipinski definition) is 4. The van der Waals surface area contributed by atoms with Crippen LogP contribution in [-0.4, -0.2) is 31.0 Å². The number of rotatable bonds is 9. The van der Waals surface area contributed by atoms with Crippen LogP contribution in [0.4, 0.5) is 5.82 Å². The molecule has 0 aliphatic rings. The minimum Gasteiger partial charge on any atom is -0.385 e. The summed E-state index contributed by atoms with van der Waals surface area (Å²) >= 11 is 1.94. The van der Waals surface area contributed by atoms with Crippen molar-refractivity contribution in [3.8, 4) is 0 Å². The maximum atomic E-state index is 5.02. The molecule has 17 heavy (non-hydrogen) atoms. The lowest BCUT2D eigenvalue weighted by Gasteiger charge is -2.06. The average Bonchev–Trinajstić information content (AvgIpc) is 2.37. The number of anilines is 1. The Labute approximate surface area is 108 Å². The van der Waals surface area contributed by atoms with Gasteiger partial charge in [-0.2, -0.15) is 11.8 Å². The van der Waals surface area contributed by atoms with Gasteiger partial charge in [0, 0.05) is 32.2 Å². The molecule has 0 spiro atoms. The van der Waals surface area contributed by atoms with Crippen LogP contribution in [0.15, 0.2) is 18.3 Å². The highest BCUT2D eigenvalue weighted by molar-refractivity contribution is 7.98. The Kier molecular flexibility index (Phi) is 7.84. The van der Waals surface area contributed by atoms with Crippen LogP contribution in [0.25, 0.3) is 0 Å². The number of thioether (sulfide) groups is 1. The first-order valence-corrected chi connectivity index (χ1v) is 7.27. The van der Waals surface area contributed by atoms with Gasteiger partial charge in [-0.25, -0.2) is 4.98 Å². The van der Waals surface area contributed by atoms with Crippen molar-refractivity contribution in [3.05, 3.63) is 23.9 Å². The van der Waals surface area contributed by atoms with E-state index < -0.39 is 0 Å². The van der Waals surface area contributed by atoms with Crippen molar-refractivity contribution >= 4 is 17.6 Å². The highest BCUT2D eigenvalue weighted by atomic mass is 32.2. The number of hydrogen-bond donors (Lipinski definition) is 1. The van der Waals surface area contributed by atoms with Gasteiger partial charge in [-0.15, -0.1) is 0 Å². The molecule has 0 aliphatic heterocycles. The Bertz CT molecular complexity index is 307. The number of ether oxygens (including phenoxy) is 1. The molecule has 4 heteroatoms. The van der Waals surface area contributed by atoms with Crippen LogP contribution in [0, 0.1) is 0 Å². The van der Waals surface area contributed by atoms with E-state index in [1.54, 1.807) is 7.11 Å². The fourth-order valence-corrected chi connectivity index (χ4v) is 2.29. The monoisotopic (exact) mass is 254 g/mol. The third-order valence-corrected chi connectivity index (χ3v) is 3.40. The molecule has 0 amide bonds. The summed E-state index contributed by atoms with van der Waals surface area (Å²) in [5, 5.41) is 3.31. The van der Waals surface area contributed by atoms with E-state index in [1.165, 1.54) is 5.56 Å². The summed E-state index contributed by atoms with van der Waals surface area (Å²) in [6.07, 6.45) is 4.12. The first-order chi connectivity index (χ1) is 8.36. The largest absolute Gasteiger partial charge is 0.385 e. The lowest BCUT2D eigenvalue weighted by atomic mass is 10.3. The van der Waals surface area contributed by atoms with E-state index in [0.717, 1.165) is 43.3 Å². The first-order valence-electron chi connectivity index (χ1n) is 6.12. The summed E-state index contributed by atoms with van der Waals surface area (Å²) in [6, 6.07) is 4.22. The molecule has 3 nitrogen and oxygen atoms in total. The van der Waals surface area contributed by atoms with Crippen LogP contribution in [0.3, 0.4) is 0 Å². The van der Waals surface area contributed by atoms with E-state index in [0.29, 0.717) is 0 Å². The predicted molar refractivity (Wildman–Crippen MR) is 75.7 cm³/mol. The van der Waals surface area contributed by atoms with E-state index in [4.69, 9.17) is 4.74 Å². The van der Waals surface area contributed by atoms with Crippen molar-refractivity contribution in [1.29, 1.82) is 0 Å². The minimum absolute atomic E-state index is 0.854. The van der Waals surface area contributed by atoms with E-state index in [2.05, 4.69) is 29.4 Å². The van der Waals surface area contributed by atoms with Gasteiger partial charge in [-0.1, -0.05) is 6.92 Å². The number of nitrogens with zero attached hydrogens (tertiary/aromatic N) is 1. The lowest BCUT2D eigenvalue weighted by Crippen LogP contribution is -2.02. The second-order valence-electron chi connectivity index (χ2n) is 3.88. The first kappa shape index (κ1) is 14.3. The summed E-state index contributed by atoms with van der Waals surface area (Å²) in [5.41, 5.74) is 1.33. The van der Waals surface area contributed by atoms with Gasteiger partial charge in [-0.05, 0) is 36.3 Å². The Hall–Kier alpha value is -0.740. The van der Waals surface area contributed by atoms with Gasteiger partial charge in [0.15, 0.2) is 0 Å². The van der Waals surface area contributed by atoms with E-state index in [9.17, 15) is 0 Å². The second-order valence-corrected chi connectivity index (χ2v) is 4.98. The topological polar surface area (TPSA) is 34.1 Å². The smallest absolute Gasteiger partial charge is 0.126 e. The summed E-state index contributed by atoms with van der Waals surface area (Å²) in [6.45, 7) is 3.99. The molecule has 0 aromatic carbocycles. The highest BCUT2D eigenvalue weighted by Gasteiger charge is 1.97. The van der Waals surface area contributed by atoms with Crippen molar-refractivity contribution in [2.24, 2.45) is 0 Å². The maximum Gasteiger partial charge on any atom is 0.126 e. The summed E-state index contributed by atoms with van der Waals surface area (Å²) in [7, 11) is 1.75. The zero-order chi connectivity index (χ0) is 12.3. The SMILES string of the molecule is CCCNc1cc(CSCCCOC)ccn1. The summed E-state index contributed by atoms with van der Waals surface area (Å²) in [5.74, 6) is 3.18. The Morgan fingerprint density at radius 1 is 1.47 bits per heavy atom. The molecule has 0 atom stereocenters. The lowest BCUT2D eigenvalue weighted by molar-refractivity contribution is 0.200. The van der Waals surface area contributed by atoms with Crippen molar-refractivity contribution in [3.63, 3.8) is 0 Å². The average molecular weight is 254 g/mol. The molecular weight excluding hydrogens is 232 g/mol. The fourth-order valence-electron chi connectivity index (χ4n) is 1.41. The van der Waals surface area contributed by atoms with Crippen LogP contribution < -0.4 is 5.32 Å². The van der Waals surface area contributed by atoms with Gasteiger partial charge in [-0.3, -0.25) is 0 Å². The molecule has 1 heterocycles. The Morgan fingerprint density at radius 2 is 2.35 bits per heavy atom. The molecule has 96 valence electrons. The molecule has 1 N–H and O–H groups in total. The molecule has 1 aromatic rings. The van der Waals surface area contributed by atoms with Crippen LogP contribution in [0.5, 0.6) is 0 Å². The second kappa shape index (κ2) is 9.31. The zero-order valence-electron chi connectivity index (χ0n) is 10.7. The third kappa shape index (κ3) is 6.54. The van der Waals surface area contributed by atoms with Crippen molar-refractivity contribution in [2.75, 3.05) is 31.3 Å². The van der Waals surface area contributed by atoms with Gasteiger partial charge >= 0.3 is 0 Å². The molecule has 0 saturated heterocycles. The molecule has 1 rings (SSSR count). The third-order valence-electron chi connectivity index (χ3n) is 2.29. The highest BCUT2D eigenvalue weighted by Crippen LogP contribution is 2.15.